The van der Waals surface area contributed by atoms with Crippen molar-refractivity contribution in [1.29, 1.82) is 0 Å². The van der Waals surface area contributed by atoms with Crippen molar-refractivity contribution in [2.75, 3.05) is 45.8 Å². The number of nitrogens with zero attached hydrogens (tertiary/aromatic N) is 3. The first-order valence-corrected chi connectivity index (χ1v) is 10.5. The molecule has 0 bridgehead atoms. The van der Waals surface area contributed by atoms with Crippen LogP contribution >= 0.6 is 0 Å². The Balaban J connectivity index is 1.43. The predicted molar refractivity (Wildman–Crippen MR) is 109 cm³/mol. The molecule has 1 unspecified atom stereocenters. The minimum absolute atomic E-state index is 0.131. The third-order valence-electron chi connectivity index (χ3n) is 5.99. The zero-order chi connectivity index (χ0) is 20.1. The minimum Gasteiger partial charge on any atom is -0.481 e. The number of hydrogen-bond donors (Lipinski definition) is 1. The SMILES string of the molecule is CC(C)c1ccc(CN2CCN(C(=O)CN3CCCC(C(=O)O)C3)CC2)cc1. The highest BCUT2D eigenvalue weighted by atomic mass is 16.4. The summed E-state index contributed by atoms with van der Waals surface area (Å²) < 4.78 is 0. The van der Waals surface area contributed by atoms with Crippen LogP contribution in [0.4, 0.5) is 0 Å². The minimum atomic E-state index is -0.743. The lowest BCUT2D eigenvalue weighted by Crippen LogP contribution is -2.52. The standard InChI is InChI=1S/C22H33N3O3/c1-17(2)19-7-5-18(6-8-19)14-23-10-12-25(13-11-23)21(26)16-24-9-3-4-20(15-24)22(27)28/h5-8,17,20H,3-4,9-16H2,1-2H3,(H,27,28). The van der Waals surface area contributed by atoms with Crippen LogP contribution in [0.1, 0.15) is 43.7 Å². The van der Waals surface area contributed by atoms with E-state index in [9.17, 15) is 14.7 Å². The molecule has 1 N–H and O–H groups in total. The van der Waals surface area contributed by atoms with Gasteiger partial charge in [-0.2, -0.15) is 0 Å². The van der Waals surface area contributed by atoms with Crippen LogP contribution < -0.4 is 0 Å². The van der Waals surface area contributed by atoms with E-state index < -0.39 is 5.97 Å². The number of aliphatic carboxylic acids is 1. The molecule has 1 amide bonds. The second kappa shape index (κ2) is 9.52. The average Bonchev–Trinajstić information content (AvgIpc) is 2.69. The van der Waals surface area contributed by atoms with Gasteiger partial charge < -0.3 is 10.0 Å². The van der Waals surface area contributed by atoms with E-state index in [0.29, 0.717) is 19.0 Å². The van der Waals surface area contributed by atoms with E-state index >= 15 is 0 Å². The number of piperazine rings is 1. The van der Waals surface area contributed by atoms with Crippen molar-refractivity contribution >= 4 is 11.9 Å². The molecule has 0 saturated carbocycles. The molecule has 2 aliphatic rings. The van der Waals surface area contributed by atoms with Gasteiger partial charge in [0.15, 0.2) is 0 Å². The summed E-state index contributed by atoms with van der Waals surface area (Å²) >= 11 is 0. The third-order valence-corrected chi connectivity index (χ3v) is 5.99. The fourth-order valence-corrected chi connectivity index (χ4v) is 4.11. The van der Waals surface area contributed by atoms with Crippen molar-refractivity contribution in [3.05, 3.63) is 35.4 Å². The van der Waals surface area contributed by atoms with Crippen LogP contribution in [0, 0.1) is 5.92 Å². The molecule has 6 nitrogen and oxygen atoms in total. The van der Waals surface area contributed by atoms with Gasteiger partial charge in [0.1, 0.15) is 0 Å². The van der Waals surface area contributed by atoms with Crippen LogP contribution in [0.15, 0.2) is 24.3 Å². The van der Waals surface area contributed by atoms with Gasteiger partial charge in [-0.25, -0.2) is 0 Å². The Morgan fingerprint density at radius 2 is 1.71 bits per heavy atom. The van der Waals surface area contributed by atoms with Crippen molar-refractivity contribution in [1.82, 2.24) is 14.7 Å². The molecule has 1 atom stereocenters. The molecule has 1 aromatic carbocycles. The van der Waals surface area contributed by atoms with Gasteiger partial charge in [0.25, 0.3) is 0 Å². The fourth-order valence-electron chi connectivity index (χ4n) is 4.11. The molecule has 0 aliphatic carbocycles. The van der Waals surface area contributed by atoms with Crippen molar-refractivity contribution in [3.63, 3.8) is 0 Å². The summed E-state index contributed by atoms with van der Waals surface area (Å²) in [6, 6.07) is 8.84. The molecular formula is C22H33N3O3. The zero-order valence-electron chi connectivity index (χ0n) is 17.1. The Hall–Kier alpha value is -1.92. The van der Waals surface area contributed by atoms with Crippen LogP contribution in [0.3, 0.4) is 0 Å². The maximum atomic E-state index is 12.6. The zero-order valence-corrected chi connectivity index (χ0v) is 17.1. The molecule has 0 spiro atoms. The van der Waals surface area contributed by atoms with Crippen LogP contribution in [0.5, 0.6) is 0 Å². The Bertz CT molecular complexity index is 666. The molecule has 6 heteroatoms. The Morgan fingerprint density at radius 3 is 2.32 bits per heavy atom. The lowest BCUT2D eigenvalue weighted by Gasteiger charge is -2.37. The summed E-state index contributed by atoms with van der Waals surface area (Å²) in [6.07, 6.45) is 1.57. The maximum Gasteiger partial charge on any atom is 0.307 e. The molecule has 0 aromatic heterocycles. The van der Waals surface area contributed by atoms with Gasteiger partial charge in [-0.1, -0.05) is 38.1 Å². The van der Waals surface area contributed by atoms with E-state index in [4.69, 9.17) is 0 Å². The van der Waals surface area contributed by atoms with Crippen molar-refractivity contribution in [2.45, 2.75) is 39.2 Å². The van der Waals surface area contributed by atoms with E-state index in [2.05, 4.69) is 43.0 Å². The summed E-state index contributed by atoms with van der Waals surface area (Å²) in [6.45, 7) is 10.3. The molecule has 0 radical (unpaired) electrons. The third kappa shape index (κ3) is 5.55. The van der Waals surface area contributed by atoms with Crippen LogP contribution in [0.2, 0.25) is 0 Å². The van der Waals surface area contributed by atoms with Crippen molar-refractivity contribution in [3.8, 4) is 0 Å². The summed E-state index contributed by atoms with van der Waals surface area (Å²) in [4.78, 5) is 30.2. The number of hydrogen-bond acceptors (Lipinski definition) is 4. The second-order valence-electron chi connectivity index (χ2n) is 8.47. The topological polar surface area (TPSA) is 64.1 Å². The van der Waals surface area contributed by atoms with Gasteiger partial charge >= 0.3 is 5.97 Å². The van der Waals surface area contributed by atoms with Gasteiger partial charge in [-0.3, -0.25) is 19.4 Å². The van der Waals surface area contributed by atoms with Crippen molar-refractivity contribution < 1.29 is 14.7 Å². The number of carbonyl (C=O) groups excluding carboxylic acids is 1. The molecule has 1 aromatic rings. The van der Waals surface area contributed by atoms with E-state index in [0.717, 1.165) is 52.1 Å². The molecule has 28 heavy (non-hydrogen) atoms. The van der Waals surface area contributed by atoms with Gasteiger partial charge in [0.05, 0.1) is 12.5 Å². The number of amides is 1. The Kier molecular flexibility index (Phi) is 7.08. The highest BCUT2D eigenvalue weighted by molar-refractivity contribution is 5.78. The smallest absolute Gasteiger partial charge is 0.307 e. The van der Waals surface area contributed by atoms with E-state index in [1.54, 1.807) is 0 Å². The molecule has 154 valence electrons. The monoisotopic (exact) mass is 387 g/mol. The number of likely N-dealkylation sites (tertiary alicyclic amines) is 1. The molecule has 2 saturated heterocycles. The summed E-state index contributed by atoms with van der Waals surface area (Å²) in [5.74, 6) is -0.395. The summed E-state index contributed by atoms with van der Waals surface area (Å²) in [5.41, 5.74) is 2.68. The van der Waals surface area contributed by atoms with E-state index in [1.807, 2.05) is 9.80 Å². The number of carboxylic acids is 1. The molecule has 2 fully saturated rings. The lowest BCUT2D eigenvalue weighted by atomic mass is 9.98. The molecular weight excluding hydrogens is 354 g/mol. The number of piperidine rings is 1. The highest BCUT2D eigenvalue weighted by Crippen LogP contribution is 2.18. The first-order valence-electron chi connectivity index (χ1n) is 10.5. The number of carbonyl (C=O) groups is 2. The maximum absolute atomic E-state index is 12.6. The number of rotatable bonds is 6. The van der Waals surface area contributed by atoms with Gasteiger partial charge in [0.2, 0.25) is 5.91 Å². The van der Waals surface area contributed by atoms with Gasteiger partial charge in [-0.05, 0) is 36.4 Å². The summed E-state index contributed by atoms with van der Waals surface area (Å²) in [5, 5.41) is 9.20. The first kappa shape index (κ1) is 20.8. The average molecular weight is 388 g/mol. The largest absolute Gasteiger partial charge is 0.481 e. The van der Waals surface area contributed by atoms with Gasteiger partial charge in [0, 0.05) is 39.3 Å². The van der Waals surface area contributed by atoms with Crippen LogP contribution in [0.25, 0.3) is 0 Å². The summed E-state index contributed by atoms with van der Waals surface area (Å²) in [7, 11) is 0. The molecule has 2 aliphatic heterocycles. The van der Waals surface area contributed by atoms with Crippen LogP contribution in [-0.2, 0) is 16.1 Å². The number of carboxylic acid groups (broad SMARTS) is 1. The molecule has 3 rings (SSSR count). The van der Waals surface area contributed by atoms with Gasteiger partial charge in [-0.15, -0.1) is 0 Å². The van der Waals surface area contributed by atoms with Crippen molar-refractivity contribution in [2.24, 2.45) is 5.92 Å². The number of benzene rings is 1. The normalized spacial score (nSPS) is 21.8. The van der Waals surface area contributed by atoms with E-state index in [1.165, 1.54) is 11.1 Å². The molecule has 2 heterocycles. The fraction of sp³-hybridized carbons (Fsp3) is 0.636. The second-order valence-corrected chi connectivity index (χ2v) is 8.47. The Labute approximate surface area is 168 Å². The van der Waals surface area contributed by atoms with E-state index in [-0.39, 0.29) is 11.8 Å². The lowest BCUT2D eigenvalue weighted by molar-refractivity contribution is -0.145. The predicted octanol–water partition coefficient (Wildman–Crippen LogP) is 2.25. The van der Waals surface area contributed by atoms with Crippen LogP contribution in [-0.4, -0.2) is 77.5 Å². The first-order chi connectivity index (χ1) is 13.4. The highest BCUT2D eigenvalue weighted by Gasteiger charge is 2.28. The quantitative estimate of drug-likeness (QED) is 0.811. The Morgan fingerprint density at radius 1 is 1.04 bits per heavy atom.